The molecule has 0 radical (unpaired) electrons. The molecule has 0 unspecified atom stereocenters. The third-order valence-electron chi connectivity index (χ3n) is 2.31. The second-order valence-electron chi connectivity index (χ2n) is 3.56. The van der Waals surface area contributed by atoms with Crippen LogP contribution >= 0.6 is 0 Å². The molecule has 0 amide bonds. The molecule has 5 nitrogen and oxygen atoms in total. The van der Waals surface area contributed by atoms with Crippen molar-refractivity contribution in [2.75, 3.05) is 19.8 Å². The minimum absolute atomic E-state index is 0.126. The number of rotatable bonds is 7. The topological polar surface area (TPSA) is 79.9 Å². The van der Waals surface area contributed by atoms with Crippen molar-refractivity contribution < 1.29 is 9.94 Å². The summed E-state index contributed by atoms with van der Waals surface area (Å²) in [6.07, 6.45) is 0. The summed E-state index contributed by atoms with van der Waals surface area (Å²) in [6, 6.07) is 7.55. The summed E-state index contributed by atoms with van der Waals surface area (Å²) < 4.78 is 5.21. The maximum Gasteiger partial charge on any atom is 0.170 e. The number of oxime groups is 1. The standard InChI is InChI=1S/C12H19N3O2/c1-2-17-8-7-14-9-10-3-5-11(6-4-10)12(13)15-16/h3-6,14,16H,2,7-9H2,1H3,(H2,13,15). The van der Waals surface area contributed by atoms with Crippen LogP contribution in [0.25, 0.3) is 0 Å². The lowest BCUT2D eigenvalue weighted by Gasteiger charge is -2.06. The minimum atomic E-state index is 0.126. The molecule has 5 heteroatoms. The molecular weight excluding hydrogens is 218 g/mol. The first-order valence-corrected chi connectivity index (χ1v) is 5.63. The van der Waals surface area contributed by atoms with Crippen LogP contribution in [0.5, 0.6) is 0 Å². The minimum Gasteiger partial charge on any atom is -0.409 e. The van der Waals surface area contributed by atoms with E-state index in [9.17, 15) is 0 Å². The van der Waals surface area contributed by atoms with Crippen molar-refractivity contribution in [1.82, 2.24) is 5.32 Å². The van der Waals surface area contributed by atoms with E-state index in [0.717, 1.165) is 31.9 Å². The highest BCUT2D eigenvalue weighted by Gasteiger charge is 1.98. The first-order valence-electron chi connectivity index (χ1n) is 5.63. The molecule has 94 valence electrons. The van der Waals surface area contributed by atoms with Gasteiger partial charge in [0.15, 0.2) is 5.84 Å². The van der Waals surface area contributed by atoms with Crippen LogP contribution in [0, 0.1) is 0 Å². The van der Waals surface area contributed by atoms with Gasteiger partial charge in [-0.2, -0.15) is 0 Å². The molecule has 17 heavy (non-hydrogen) atoms. The van der Waals surface area contributed by atoms with Crippen molar-refractivity contribution in [2.24, 2.45) is 10.9 Å². The van der Waals surface area contributed by atoms with Crippen molar-refractivity contribution in [3.8, 4) is 0 Å². The molecule has 0 aromatic heterocycles. The average Bonchev–Trinajstić information content (AvgIpc) is 2.38. The monoisotopic (exact) mass is 237 g/mol. The van der Waals surface area contributed by atoms with Gasteiger partial charge in [0.25, 0.3) is 0 Å². The SMILES string of the molecule is CCOCCNCc1ccc(C(N)=NO)cc1. The number of nitrogens with zero attached hydrogens (tertiary/aromatic N) is 1. The molecule has 0 aliphatic carbocycles. The third-order valence-corrected chi connectivity index (χ3v) is 2.31. The number of hydrogen-bond acceptors (Lipinski definition) is 4. The smallest absolute Gasteiger partial charge is 0.170 e. The first kappa shape index (κ1) is 13.5. The van der Waals surface area contributed by atoms with E-state index >= 15 is 0 Å². The van der Waals surface area contributed by atoms with Gasteiger partial charge in [-0.3, -0.25) is 0 Å². The zero-order valence-corrected chi connectivity index (χ0v) is 10.0. The van der Waals surface area contributed by atoms with E-state index in [1.54, 1.807) is 0 Å². The Labute approximate surface area is 101 Å². The molecule has 0 atom stereocenters. The van der Waals surface area contributed by atoms with Gasteiger partial charge in [-0.15, -0.1) is 0 Å². The van der Waals surface area contributed by atoms with E-state index in [1.165, 1.54) is 0 Å². The van der Waals surface area contributed by atoms with Gasteiger partial charge in [-0.25, -0.2) is 0 Å². The molecule has 0 bridgehead atoms. The van der Waals surface area contributed by atoms with Crippen LogP contribution in [-0.4, -0.2) is 30.8 Å². The Morgan fingerprint density at radius 2 is 2.12 bits per heavy atom. The van der Waals surface area contributed by atoms with Gasteiger partial charge in [-0.05, 0) is 12.5 Å². The molecule has 0 saturated heterocycles. The summed E-state index contributed by atoms with van der Waals surface area (Å²) in [6.45, 7) is 5.06. The summed E-state index contributed by atoms with van der Waals surface area (Å²) in [5.74, 6) is 0.126. The Kier molecular flexibility index (Phi) is 6.06. The first-order chi connectivity index (χ1) is 8.27. The maximum atomic E-state index is 8.52. The van der Waals surface area contributed by atoms with E-state index in [4.69, 9.17) is 15.7 Å². The normalized spacial score (nSPS) is 11.7. The van der Waals surface area contributed by atoms with Crippen molar-refractivity contribution in [1.29, 1.82) is 0 Å². The van der Waals surface area contributed by atoms with Gasteiger partial charge in [0.1, 0.15) is 0 Å². The van der Waals surface area contributed by atoms with Gasteiger partial charge in [0, 0.05) is 25.3 Å². The molecule has 1 rings (SSSR count). The summed E-state index contributed by atoms with van der Waals surface area (Å²) in [5.41, 5.74) is 7.33. The zero-order chi connectivity index (χ0) is 12.5. The molecule has 1 aromatic carbocycles. The molecule has 0 fully saturated rings. The second-order valence-corrected chi connectivity index (χ2v) is 3.56. The van der Waals surface area contributed by atoms with Crippen LogP contribution in [0.4, 0.5) is 0 Å². The number of ether oxygens (including phenoxy) is 1. The summed E-state index contributed by atoms with van der Waals surface area (Å²) in [4.78, 5) is 0. The fourth-order valence-electron chi connectivity index (χ4n) is 1.37. The van der Waals surface area contributed by atoms with Crippen molar-refractivity contribution in [3.63, 3.8) is 0 Å². The van der Waals surface area contributed by atoms with E-state index in [1.807, 2.05) is 31.2 Å². The highest BCUT2D eigenvalue weighted by molar-refractivity contribution is 5.96. The fraction of sp³-hybridized carbons (Fsp3) is 0.417. The molecule has 4 N–H and O–H groups in total. The summed E-state index contributed by atoms with van der Waals surface area (Å²) in [5, 5.41) is 14.7. The predicted octanol–water partition coefficient (Wildman–Crippen LogP) is 0.907. The van der Waals surface area contributed by atoms with Crippen LogP contribution in [0.15, 0.2) is 29.4 Å². The molecular formula is C12H19N3O2. The van der Waals surface area contributed by atoms with Crippen LogP contribution < -0.4 is 11.1 Å². The lowest BCUT2D eigenvalue weighted by molar-refractivity contribution is 0.149. The Balaban J connectivity index is 2.35. The number of hydrogen-bond donors (Lipinski definition) is 3. The second kappa shape index (κ2) is 7.65. The van der Waals surface area contributed by atoms with Crippen LogP contribution in [0.2, 0.25) is 0 Å². The van der Waals surface area contributed by atoms with Crippen molar-refractivity contribution >= 4 is 5.84 Å². The third kappa shape index (κ3) is 4.84. The maximum absolute atomic E-state index is 8.52. The Hall–Kier alpha value is -1.59. The quantitative estimate of drug-likeness (QED) is 0.216. The van der Waals surface area contributed by atoms with E-state index < -0.39 is 0 Å². The Morgan fingerprint density at radius 3 is 2.71 bits per heavy atom. The molecule has 0 aliphatic rings. The largest absolute Gasteiger partial charge is 0.409 e. The highest BCUT2D eigenvalue weighted by Crippen LogP contribution is 2.03. The molecule has 0 heterocycles. The average molecular weight is 237 g/mol. The summed E-state index contributed by atoms with van der Waals surface area (Å²) in [7, 11) is 0. The van der Waals surface area contributed by atoms with E-state index in [2.05, 4.69) is 10.5 Å². The van der Waals surface area contributed by atoms with Crippen LogP contribution in [-0.2, 0) is 11.3 Å². The molecule has 0 saturated carbocycles. The molecule has 0 spiro atoms. The van der Waals surface area contributed by atoms with Crippen molar-refractivity contribution in [3.05, 3.63) is 35.4 Å². The van der Waals surface area contributed by atoms with Gasteiger partial charge in [0.2, 0.25) is 0 Å². The lowest BCUT2D eigenvalue weighted by atomic mass is 10.1. The van der Waals surface area contributed by atoms with Crippen LogP contribution in [0.3, 0.4) is 0 Å². The lowest BCUT2D eigenvalue weighted by Crippen LogP contribution is -2.19. The fourth-order valence-corrected chi connectivity index (χ4v) is 1.37. The predicted molar refractivity (Wildman–Crippen MR) is 67.2 cm³/mol. The van der Waals surface area contributed by atoms with Gasteiger partial charge >= 0.3 is 0 Å². The number of nitrogens with one attached hydrogen (secondary N) is 1. The number of benzene rings is 1. The van der Waals surface area contributed by atoms with E-state index in [0.29, 0.717) is 5.56 Å². The van der Waals surface area contributed by atoms with Gasteiger partial charge in [-0.1, -0.05) is 29.4 Å². The van der Waals surface area contributed by atoms with Crippen molar-refractivity contribution in [2.45, 2.75) is 13.5 Å². The number of amidine groups is 1. The van der Waals surface area contributed by atoms with E-state index in [-0.39, 0.29) is 5.84 Å². The Bertz CT molecular complexity index is 349. The molecule has 1 aromatic rings. The Morgan fingerprint density at radius 1 is 1.41 bits per heavy atom. The highest BCUT2D eigenvalue weighted by atomic mass is 16.5. The molecule has 0 aliphatic heterocycles. The van der Waals surface area contributed by atoms with Gasteiger partial charge < -0.3 is 21.0 Å². The van der Waals surface area contributed by atoms with Gasteiger partial charge in [0.05, 0.1) is 6.61 Å². The van der Waals surface area contributed by atoms with Crippen LogP contribution in [0.1, 0.15) is 18.1 Å². The number of nitrogens with two attached hydrogens (primary N) is 1. The summed E-state index contributed by atoms with van der Waals surface area (Å²) >= 11 is 0. The zero-order valence-electron chi connectivity index (χ0n) is 10.0.